The second-order valence-electron chi connectivity index (χ2n) is 18.3. The molecule has 62 heavy (non-hydrogen) atoms. The molecule has 0 radical (unpaired) electrons. The highest BCUT2D eigenvalue weighted by molar-refractivity contribution is 5.76. The van der Waals surface area contributed by atoms with Gasteiger partial charge >= 0.3 is 0 Å². The number of aliphatic hydroxyl groups is 5. The molecule has 0 bridgehead atoms. The molecule has 1 heterocycles. The fourth-order valence-electron chi connectivity index (χ4n) is 8.25. The molecule has 1 amide bonds. The molecule has 6 N–H and O–H groups in total. The number of amides is 1. The Morgan fingerprint density at radius 2 is 0.919 bits per heavy atom. The summed E-state index contributed by atoms with van der Waals surface area (Å²) in [5, 5.41) is 54.3. The zero-order valence-electron chi connectivity index (χ0n) is 40.1. The average molecular weight is 878 g/mol. The maximum Gasteiger partial charge on any atom is 0.220 e. The fourth-order valence-corrected chi connectivity index (χ4v) is 8.25. The lowest BCUT2D eigenvalue weighted by Gasteiger charge is -2.40. The third-order valence-corrected chi connectivity index (χ3v) is 12.4. The van der Waals surface area contributed by atoms with E-state index in [1.807, 2.05) is 6.08 Å². The summed E-state index contributed by atoms with van der Waals surface area (Å²) < 4.78 is 11.2. The molecular formula is C53H99NO8. The van der Waals surface area contributed by atoms with Gasteiger partial charge in [-0.25, -0.2) is 0 Å². The second kappa shape index (κ2) is 43.3. The van der Waals surface area contributed by atoms with E-state index >= 15 is 0 Å². The van der Waals surface area contributed by atoms with E-state index in [1.165, 1.54) is 173 Å². The number of rotatable bonds is 44. The van der Waals surface area contributed by atoms with Gasteiger partial charge in [0, 0.05) is 6.42 Å². The molecule has 1 aliphatic heterocycles. The minimum Gasteiger partial charge on any atom is -0.394 e. The Bertz CT molecular complexity index is 1070. The van der Waals surface area contributed by atoms with E-state index < -0.39 is 49.5 Å². The number of hydrogen-bond donors (Lipinski definition) is 6. The van der Waals surface area contributed by atoms with Crippen LogP contribution >= 0.6 is 0 Å². The van der Waals surface area contributed by atoms with Crippen molar-refractivity contribution in [2.45, 2.75) is 281 Å². The molecule has 9 nitrogen and oxygen atoms in total. The first-order chi connectivity index (χ1) is 30.3. The van der Waals surface area contributed by atoms with Gasteiger partial charge in [0.15, 0.2) is 6.29 Å². The number of unbranched alkanes of at least 4 members (excludes halogenated alkanes) is 30. The van der Waals surface area contributed by atoms with Crippen LogP contribution in [0.15, 0.2) is 36.5 Å². The summed E-state index contributed by atoms with van der Waals surface area (Å²) in [5.41, 5.74) is 0. The lowest BCUT2D eigenvalue weighted by Crippen LogP contribution is -2.60. The van der Waals surface area contributed by atoms with Crippen molar-refractivity contribution in [1.82, 2.24) is 5.32 Å². The van der Waals surface area contributed by atoms with Crippen molar-refractivity contribution < 1.29 is 39.8 Å². The third kappa shape index (κ3) is 33.0. The first kappa shape index (κ1) is 58.4. The number of hydrogen-bond acceptors (Lipinski definition) is 8. The van der Waals surface area contributed by atoms with E-state index in [0.29, 0.717) is 6.42 Å². The number of aliphatic hydroxyl groups excluding tert-OH is 5. The molecule has 7 atom stereocenters. The first-order valence-electron chi connectivity index (χ1n) is 26.2. The number of allylic oxidation sites excluding steroid dienone is 5. The zero-order chi connectivity index (χ0) is 45.1. The van der Waals surface area contributed by atoms with Gasteiger partial charge in [0.05, 0.1) is 25.4 Å². The van der Waals surface area contributed by atoms with Gasteiger partial charge in [-0.05, 0) is 44.9 Å². The van der Waals surface area contributed by atoms with Gasteiger partial charge in [0.2, 0.25) is 5.91 Å². The van der Waals surface area contributed by atoms with E-state index in [2.05, 4.69) is 43.5 Å². The molecule has 0 saturated carbocycles. The normalized spacial score (nSPS) is 20.5. The van der Waals surface area contributed by atoms with Gasteiger partial charge in [-0.3, -0.25) is 4.79 Å². The van der Waals surface area contributed by atoms with Gasteiger partial charge in [0.1, 0.15) is 24.4 Å². The number of carbonyl (C=O) groups excluding carboxylic acids is 1. The molecule has 9 heteroatoms. The van der Waals surface area contributed by atoms with Crippen LogP contribution in [0.4, 0.5) is 0 Å². The molecule has 1 aliphatic rings. The Labute approximate surface area is 381 Å². The summed E-state index contributed by atoms with van der Waals surface area (Å²) in [7, 11) is 0. The van der Waals surface area contributed by atoms with E-state index in [4.69, 9.17) is 9.47 Å². The molecule has 0 aromatic carbocycles. The van der Waals surface area contributed by atoms with Crippen molar-refractivity contribution in [2.75, 3.05) is 13.2 Å². The van der Waals surface area contributed by atoms with E-state index in [-0.39, 0.29) is 12.5 Å². The minimum absolute atomic E-state index is 0.188. The van der Waals surface area contributed by atoms with Gasteiger partial charge in [0.25, 0.3) is 0 Å². The highest BCUT2D eigenvalue weighted by atomic mass is 16.7. The Kier molecular flexibility index (Phi) is 40.8. The van der Waals surface area contributed by atoms with Gasteiger partial charge in [-0.15, -0.1) is 0 Å². The summed E-state index contributed by atoms with van der Waals surface area (Å²) in [4.78, 5) is 13.0. The Balaban J connectivity index is 2.29. The first-order valence-corrected chi connectivity index (χ1v) is 26.2. The van der Waals surface area contributed by atoms with Crippen LogP contribution in [0.1, 0.15) is 239 Å². The summed E-state index contributed by atoms with van der Waals surface area (Å²) >= 11 is 0. The minimum atomic E-state index is -1.57. The summed E-state index contributed by atoms with van der Waals surface area (Å²) in [5.74, 6) is -0.188. The standard InChI is InChI=1S/C53H99NO8/c1-3-5-7-9-11-13-15-17-19-21-22-23-24-25-27-29-31-33-35-37-39-41-43-49(57)54-46(45-61-53-52(60)51(59)50(58)48(44-55)62-53)47(56)42-40-38-36-34-32-30-28-26-20-18-16-14-12-10-8-6-4-2/h20,26,32,34,40,42,46-48,50-53,55-56,58-60H,3-19,21-25,27-31,33,35-39,41,43-45H2,1-2H3,(H,54,57)/b26-20+,34-32+,42-40+. The van der Waals surface area contributed by atoms with Crippen LogP contribution < -0.4 is 5.32 Å². The molecule has 1 saturated heterocycles. The molecule has 7 unspecified atom stereocenters. The molecule has 0 aromatic heterocycles. The monoisotopic (exact) mass is 878 g/mol. The van der Waals surface area contributed by atoms with Crippen LogP contribution in [-0.2, 0) is 14.3 Å². The van der Waals surface area contributed by atoms with Gasteiger partial charge in [-0.1, -0.05) is 224 Å². The molecule has 0 aromatic rings. The van der Waals surface area contributed by atoms with Crippen molar-refractivity contribution in [3.05, 3.63) is 36.5 Å². The van der Waals surface area contributed by atoms with Crippen molar-refractivity contribution in [3.8, 4) is 0 Å². The maximum atomic E-state index is 13.0. The lowest BCUT2D eigenvalue weighted by atomic mass is 9.99. The van der Waals surface area contributed by atoms with Crippen molar-refractivity contribution in [1.29, 1.82) is 0 Å². The predicted molar refractivity (Wildman–Crippen MR) is 258 cm³/mol. The lowest BCUT2D eigenvalue weighted by molar-refractivity contribution is -0.302. The number of carbonyl (C=O) groups is 1. The van der Waals surface area contributed by atoms with Gasteiger partial charge in [-0.2, -0.15) is 0 Å². The zero-order valence-corrected chi connectivity index (χ0v) is 40.1. The highest BCUT2D eigenvalue weighted by Gasteiger charge is 2.44. The van der Waals surface area contributed by atoms with Crippen molar-refractivity contribution in [3.63, 3.8) is 0 Å². The van der Waals surface area contributed by atoms with Crippen LogP contribution in [-0.4, -0.2) is 87.5 Å². The predicted octanol–water partition coefficient (Wildman–Crippen LogP) is 12.0. The number of ether oxygens (including phenoxy) is 2. The summed E-state index contributed by atoms with van der Waals surface area (Å²) in [6, 6.07) is -0.825. The molecule has 0 aliphatic carbocycles. The van der Waals surface area contributed by atoms with E-state index in [0.717, 1.165) is 44.9 Å². The largest absolute Gasteiger partial charge is 0.394 e. The van der Waals surface area contributed by atoms with Crippen molar-refractivity contribution in [2.24, 2.45) is 0 Å². The van der Waals surface area contributed by atoms with Crippen LogP contribution in [0.5, 0.6) is 0 Å². The summed E-state index contributed by atoms with van der Waals surface area (Å²) in [6.45, 7) is 3.77. The van der Waals surface area contributed by atoms with Crippen LogP contribution in [0.3, 0.4) is 0 Å². The van der Waals surface area contributed by atoms with Gasteiger partial charge < -0.3 is 40.3 Å². The Morgan fingerprint density at radius 3 is 1.35 bits per heavy atom. The maximum absolute atomic E-state index is 13.0. The molecule has 1 rings (SSSR count). The molecule has 1 fully saturated rings. The van der Waals surface area contributed by atoms with E-state index in [9.17, 15) is 30.3 Å². The topological polar surface area (TPSA) is 149 Å². The quantitative estimate of drug-likeness (QED) is 0.0262. The Hall–Kier alpha value is -1.59. The highest BCUT2D eigenvalue weighted by Crippen LogP contribution is 2.23. The fraction of sp³-hybridized carbons (Fsp3) is 0.868. The molecular weight excluding hydrogens is 779 g/mol. The number of nitrogens with one attached hydrogen (secondary N) is 1. The molecule has 0 spiro atoms. The van der Waals surface area contributed by atoms with Crippen LogP contribution in [0.25, 0.3) is 0 Å². The van der Waals surface area contributed by atoms with Crippen LogP contribution in [0.2, 0.25) is 0 Å². The van der Waals surface area contributed by atoms with Crippen LogP contribution in [0, 0.1) is 0 Å². The Morgan fingerprint density at radius 1 is 0.532 bits per heavy atom. The van der Waals surface area contributed by atoms with E-state index in [1.54, 1.807) is 6.08 Å². The second-order valence-corrected chi connectivity index (χ2v) is 18.3. The molecule has 364 valence electrons. The summed E-state index contributed by atoms with van der Waals surface area (Å²) in [6.07, 6.45) is 47.7. The average Bonchev–Trinajstić information content (AvgIpc) is 3.27. The smallest absolute Gasteiger partial charge is 0.220 e. The SMILES string of the molecule is CCCCCCCCC/C=C/CC/C=C/CC/C=C/C(O)C(COC1OC(CO)C(O)C(O)C1O)NC(=O)CCCCCCCCCCCCCCCCCCCCCCCC. The van der Waals surface area contributed by atoms with Crippen molar-refractivity contribution >= 4 is 5.91 Å². The third-order valence-electron chi connectivity index (χ3n) is 12.4.